The molecule has 0 radical (unpaired) electrons. The lowest BCUT2D eigenvalue weighted by atomic mass is 9.92. The molecular weight excluding hydrogens is 330 g/mol. The highest BCUT2D eigenvalue weighted by Crippen LogP contribution is 2.36. The van der Waals surface area contributed by atoms with Crippen LogP contribution in [-0.4, -0.2) is 36.7 Å². The molecule has 0 N–H and O–H groups in total. The maximum absolute atomic E-state index is 13.2. The first kappa shape index (κ1) is 15.8. The van der Waals surface area contributed by atoms with E-state index in [0.29, 0.717) is 0 Å². The summed E-state index contributed by atoms with van der Waals surface area (Å²) in [5, 5.41) is 0. The standard InChI is InChI=1S/C14H16F2N2O2S2/c1-18(10-4-6-14(15,16)7-5-10)22(19,20)11-2-3-12-13(8-11)21-9-17-12/h2-3,8-10H,4-7H2,1H3. The van der Waals surface area contributed by atoms with Crippen molar-refractivity contribution in [2.24, 2.45) is 0 Å². The molecule has 8 heteroatoms. The Morgan fingerprint density at radius 1 is 1.32 bits per heavy atom. The van der Waals surface area contributed by atoms with Crippen LogP contribution in [0.5, 0.6) is 0 Å². The van der Waals surface area contributed by atoms with Crippen LogP contribution in [0.1, 0.15) is 25.7 Å². The molecule has 0 aliphatic heterocycles. The highest BCUT2D eigenvalue weighted by Gasteiger charge is 2.39. The minimum absolute atomic E-state index is 0.184. The van der Waals surface area contributed by atoms with E-state index < -0.39 is 15.9 Å². The monoisotopic (exact) mass is 346 g/mol. The quantitative estimate of drug-likeness (QED) is 0.855. The van der Waals surface area contributed by atoms with Gasteiger partial charge in [0.15, 0.2) is 0 Å². The van der Waals surface area contributed by atoms with E-state index >= 15 is 0 Å². The summed E-state index contributed by atoms with van der Waals surface area (Å²) in [4.78, 5) is 4.30. The van der Waals surface area contributed by atoms with Crippen LogP contribution in [-0.2, 0) is 10.0 Å². The largest absolute Gasteiger partial charge is 0.248 e. The molecule has 0 spiro atoms. The Balaban J connectivity index is 1.85. The van der Waals surface area contributed by atoms with Crippen molar-refractivity contribution >= 4 is 31.6 Å². The van der Waals surface area contributed by atoms with Gasteiger partial charge in [0.2, 0.25) is 15.9 Å². The smallest absolute Gasteiger partial charge is 0.245 e. The number of thiazole rings is 1. The highest BCUT2D eigenvalue weighted by molar-refractivity contribution is 7.89. The number of alkyl halides is 2. The molecule has 1 saturated carbocycles. The topological polar surface area (TPSA) is 50.3 Å². The zero-order valence-corrected chi connectivity index (χ0v) is 13.6. The third-order valence-electron chi connectivity index (χ3n) is 4.18. The lowest BCUT2D eigenvalue weighted by Gasteiger charge is -2.33. The fraction of sp³-hybridized carbons (Fsp3) is 0.500. The van der Waals surface area contributed by atoms with Crippen molar-refractivity contribution in [3.05, 3.63) is 23.7 Å². The van der Waals surface area contributed by atoms with Crippen LogP contribution in [0.2, 0.25) is 0 Å². The van der Waals surface area contributed by atoms with Crippen molar-refractivity contribution in [2.45, 2.75) is 42.5 Å². The molecule has 22 heavy (non-hydrogen) atoms. The first-order valence-electron chi connectivity index (χ1n) is 6.99. The van der Waals surface area contributed by atoms with Crippen molar-refractivity contribution in [3.63, 3.8) is 0 Å². The number of benzene rings is 1. The molecule has 1 aromatic heterocycles. The van der Waals surface area contributed by atoms with E-state index in [4.69, 9.17) is 0 Å². The first-order chi connectivity index (χ1) is 10.3. The SMILES string of the molecule is CN(C1CCC(F)(F)CC1)S(=O)(=O)c1ccc2ncsc2c1. The van der Waals surface area contributed by atoms with Crippen molar-refractivity contribution in [1.82, 2.24) is 9.29 Å². The number of nitrogens with zero attached hydrogens (tertiary/aromatic N) is 2. The lowest BCUT2D eigenvalue weighted by molar-refractivity contribution is -0.0453. The average molecular weight is 346 g/mol. The third kappa shape index (κ3) is 2.87. The molecule has 2 aromatic rings. The Morgan fingerprint density at radius 3 is 2.68 bits per heavy atom. The second-order valence-corrected chi connectivity index (χ2v) is 8.47. The molecule has 0 unspecified atom stereocenters. The fourth-order valence-electron chi connectivity index (χ4n) is 2.75. The number of hydrogen-bond donors (Lipinski definition) is 0. The van der Waals surface area contributed by atoms with Gasteiger partial charge in [0, 0.05) is 25.9 Å². The van der Waals surface area contributed by atoms with Crippen molar-refractivity contribution in [1.29, 1.82) is 0 Å². The molecule has 0 atom stereocenters. The summed E-state index contributed by atoms with van der Waals surface area (Å²) < 4.78 is 53.9. The van der Waals surface area contributed by atoms with Gasteiger partial charge >= 0.3 is 0 Å². The number of sulfonamides is 1. The van der Waals surface area contributed by atoms with Crippen molar-refractivity contribution in [2.75, 3.05) is 7.05 Å². The Kier molecular flexibility index (Phi) is 3.94. The van der Waals surface area contributed by atoms with Crippen LogP contribution in [0.25, 0.3) is 10.2 Å². The van der Waals surface area contributed by atoms with Gasteiger partial charge < -0.3 is 0 Å². The van der Waals surface area contributed by atoms with Gasteiger partial charge in [0.05, 0.1) is 20.6 Å². The van der Waals surface area contributed by atoms with Gasteiger partial charge in [0.25, 0.3) is 0 Å². The average Bonchev–Trinajstić information content (AvgIpc) is 2.94. The van der Waals surface area contributed by atoms with Crippen LogP contribution in [0.3, 0.4) is 0 Å². The lowest BCUT2D eigenvalue weighted by Crippen LogP contribution is -2.41. The fourth-order valence-corrected chi connectivity index (χ4v) is 4.98. The molecule has 1 heterocycles. The predicted molar refractivity (Wildman–Crippen MR) is 81.8 cm³/mol. The molecule has 0 amide bonds. The molecule has 1 aromatic carbocycles. The second kappa shape index (κ2) is 5.50. The number of halogens is 2. The Bertz CT molecular complexity index is 779. The van der Waals surface area contributed by atoms with Gasteiger partial charge in [-0.15, -0.1) is 11.3 Å². The van der Waals surface area contributed by atoms with Crippen LogP contribution < -0.4 is 0 Å². The van der Waals surface area contributed by atoms with E-state index in [1.165, 1.54) is 28.8 Å². The van der Waals surface area contributed by atoms with E-state index in [9.17, 15) is 17.2 Å². The van der Waals surface area contributed by atoms with Crippen LogP contribution in [0.4, 0.5) is 8.78 Å². The summed E-state index contributed by atoms with van der Waals surface area (Å²) in [6, 6.07) is 4.41. The number of aromatic nitrogens is 1. The molecule has 0 bridgehead atoms. The van der Waals surface area contributed by atoms with E-state index in [-0.39, 0.29) is 36.6 Å². The summed E-state index contributed by atoms with van der Waals surface area (Å²) in [5.41, 5.74) is 2.41. The maximum Gasteiger partial charge on any atom is 0.248 e. The highest BCUT2D eigenvalue weighted by atomic mass is 32.2. The van der Waals surface area contributed by atoms with E-state index in [1.54, 1.807) is 17.6 Å². The number of fused-ring (bicyclic) bond motifs is 1. The van der Waals surface area contributed by atoms with Gasteiger partial charge in [-0.2, -0.15) is 4.31 Å². The zero-order valence-electron chi connectivity index (χ0n) is 12.0. The molecule has 3 rings (SSSR count). The van der Waals surface area contributed by atoms with Gasteiger partial charge in [-0.25, -0.2) is 22.2 Å². The normalized spacial score (nSPS) is 19.8. The van der Waals surface area contributed by atoms with Crippen LogP contribution in [0.15, 0.2) is 28.6 Å². The third-order valence-corrected chi connectivity index (χ3v) is 6.88. The molecule has 1 aliphatic rings. The molecule has 0 saturated heterocycles. The van der Waals surface area contributed by atoms with Crippen molar-refractivity contribution < 1.29 is 17.2 Å². The molecule has 4 nitrogen and oxygen atoms in total. The summed E-state index contributed by atoms with van der Waals surface area (Å²) >= 11 is 1.37. The summed E-state index contributed by atoms with van der Waals surface area (Å²) in [6.07, 6.45) is -0.145. The van der Waals surface area contributed by atoms with Gasteiger partial charge in [-0.05, 0) is 31.0 Å². The zero-order chi connectivity index (χ0) is 16.0. The molecular formula is C14H16F2N2O2S2. The summed E-state index contributed by atoms with van der Waals surface area (Å²) in [6.45, 7) is 0. The predicted octanol–water partition coefficient (Wildman–Crippen LogP) is 3.49. The van der Waals surface area contributed by atoms with E-state index in [1.807, 2.05) is 0 Å². The first-order valence-corrected chi connectivity index (χ1v) is 9.31. The Morgan fingerprint density at radius 2 is 2.00 bits per heavy atom. The van der Waals surface area contributed by atoms with E-state index in [0.717, 1.165) is 10.2 Å². The van der Waals surface area contributed by atoms with E-state index in [2.05, 4.69) is 4.98 Å². The minimum Gasteiger partial charge on any atom is -0.245 e. The van der Waals surface area contributed by atoms with Gasteiger partial charge in [-0.1, -0.05) is 0 Å². The van der Waals surface area contributed by atoms with Gasteiger partial charge in [-0.3, -0.25) is 0 Å². The number of hydrogen-bond acceptors (Lipinski definition) is 4. The minimum atomic E-state index is -3.68. The second-order valence-electron chi connectivity index (χ2n) is 5.59. The van der Waals surface area contributed by atoms with Crippen LogP contribution in [0, 0.1) is 0 Å². The summed E-state index contributed by atoms with van der Waals surface area (Å²) in [7, 11) is -2.21. The summed E-state index contributed by atoms with van der Waals surface area (Å²) in [5.74, 6) is -2.66. The Labute approximate surface area is 131 Å². The molecule has 1 aliphatic carbocycles. The molecule has 1 fully saturated rings. The maximum atomic E-state index is 13.2. The van der Waals surface area contributed by atoms with Gasteiger partial charge in [0.1, 0.15) is 0 Å². The van der Waals surface area contributed by atoms with Crippen molar-refractivity contribution in [3.8, 4) is 0 Å². The molecule has 120 valence electrons. The Hall–Kier alpha value is -1.12. The number of rotatable bonds is 3. The van der Waals surface area contributed by atoms with Crippen LogP contribution >= 0.6 is 11.3 Å².